The third-order valence-corrected chi connectivity index (χ3v) is 3.83. The molecule has 0 aliphatic heterocycles. The first kappa shape index (κ1) is 14.0. The van der Waals surface area contributed by atoms with Gasteiger partial charge in [-0.25, -0.2) is 0 Å². The highest BCUT2D eigenvalue weighted by molar-refractivity contribution is 7.82. The molecule has 0 aliphatic rings. The van der Waals surface area contributed by atoms with Crippen LogP contribution in [0.3, 0.4) is 0 Å². The van der Waals surface area contributed by atoms with Gasteiger partial charge >= 0.3 is 0 Å². The summed E-state index contributed by atoms with van der Waals surface area (Å²) in [6.07, 6.45) is 0.663. The van der Waals surface area contributed by atoms with Gasteiger partial charge in [-0.1, -0.05) is 84.1 Å². The van der Waals surface area contributed by atoms with Crippen LogP contribution in [-0.4, -0.2) is 9.73 Å². The third kappa shape index (κ3) is 3.79. The second kappa shape index (κ2) is 6.18. The molecule has 2 aromatic carbocycles. The highest BCUT2D eigenvalue weighted by atomic mass is 32.1. The number of hydrogen-bond acceptors (Lipinski definition) is 2. The second-order valence-electron chi connectivity index (χ2n) is 4.76. The third-order valence-electron chi connectivity index (χ3n) is 3.07. The van der Waals surface area contributed by atoms with E-state index in [2.05, 4.69) is 62.4 Å². The van der Waals surface area contributed by atoms with Gasteiger partial charge in [0.2, 0.25) is 0 Å². The Morgan fingerprint density at radius 2 is 1.00 bits per heavy atom. The fraction of sp³-hybridized carbons (Fsp3) is 0.176. The summed E-state index contributed by atoms with van der Waals surface area (Å²) in [5.74, 6) is 0. The smallest absolute Gasteiger partial charge is 0.0277 e. The molecular weight excluding hydrogens is 268 g/mol. The van der Waals surface area contributed by atoms with E-state index in [9.17, 15) is 0 Å². The van der Waals surface area contributed by atoms with E-state index in [0.717, 1.165) is 20.9 Å². The van der Waals surface area contributed by atoms with E-state index in [1.54, 1.807) is 0 Å². The van der Waals surface area contributed by atoms with Crippen molar-refractivity contribution in [2.45, 2.75) is 20.3 Å². The molecule has 0 amide bonds. The fourth-order valence-electron chi connectivity index (χ4n) is 1.83. The lowest BCUT2D eigenvalue weighted by Crippen LogP contribution is -2.06. The first-order chi connectivity index (χ1) is 9.06. The van der Waals surface area contributed by atoms with E-state index in [0.29, 0.717) is 6.42 Å². The van der Waals surface area contributed by atoms with Gasteiger partial charge in [-0.15, -0.1) is 0 Å². The van der Waals surface area contributed by atoms with Gasteiger partial charge in [0.05, 0.1) is 0 Å². The van der Waals surface area contributed by atoms with Gasteiger partial charge in [0.1, 0.15) is 0 Å². The van der Waals surface area contributed by atoms with Gasteiger partial charge in [0.15, 0.2) is 0 Å². The number of aryl methyl sites for hydroxylation is 2. The number of thiocarbonyl (C=S) groups is 2. The van der Waals surface area contributed by atoms with Gasteiger partial charge in [-0.2, -0.15) is 0 Å². The summed E-state index contributed by atoms with van der Waals surface area (Å²) in [7, 11) is 0. The van der Waals surface area contributed by atoms with Crippen LogP contribution in [0.1, 0.15) is 28.7 Å². The van der Waals surface area contributed by atoms with Crippen LogP contribution in [0.15, 0.2) is 48.5 Å². The average Bonchev–Trinajstić information content (AvgIpc) is 2.40. The quantitative estimate of drug-likeness (QED) is 0.582. The Balaban J connectivity index is 2.08. The molecule has 0 fully saturated rings. The maximum atomic E-state index is 5.48. The van der Waals surface area contributed by atoms with Gasteiger partial charge in [0.25, 0.3) is 0 Å². The van der Waals surface area contributed by atoms with Crippen molar-refractivity contribution >= 4 is 34.2 Å². The van der Waals surface area contributed by atoms with Crippen LogP contribution in [0, 0.1) is 13.8 Å². The summed E-state index contributed by atoms with van der Waals surface area (Å²) in [6.45, 7) is 4.15. The lowest BCUT2D eigenvalue weighted by Gasteiger charge is -2.07. The van der Waals surface area contributed by atoms with E-state index in [1.165, 1.54) is 11.1 Å². The predicted octanol–water partition coefficient (Wildman–Crippen LogP) is 4.83. The molecule has 0 radical (unpaired) electrons. The first-order valence-electron chi connectivity index (χ1n) is 6.26. The van der Waals surface area contributed by atoms with Gasteiger partial charge < -0.3 is 0 Å². The molecule has 2 aromatic rings. The molecular formula is C17H16S2. The van der Waals surface area contributed by atoms with Crippen LogP contribution in [-0.2, 0) is 0 Å². The Kier molecular flexibility index (Phi) is 4.56. The van der Waals surface area contributed by atoms with Crippen molar-refractivity contribution in [1.29, 1.82) is 0 Å². The Hall–Kier alpha value is -1.38. The zero-order valence-electron chi connectivity index (χ0n) is 11.1. The molecule has 0 nitrogen and oxygen atoms in total. The van der Waals surface area contributed by atoms with Gasteiger partial charge in [0, 0.05) is 16.1 Å². The van der Waals surface area contributed by atoms with Crippen molar-refractivity contribution in [2.75, 3.05) is 0 Å². The Morgan fingerprint density at radius 1 is 0.684 bits per heavy atom. The largest absolute Gasteiger partial charge is 0.0839 e. The summed E-state index contributed by atoms with van der Waals surface area (Å²) in [5.41, 5.74) is 4.67. The van der Waals surface area contributed by atoms with Crippen LogP contribution < -0.4 is 0 Å². The molecule has 0 spiro atoms. The molecule has 0 unspecified atom stereocenters. The second-order valence-corrected chi connectivity index (χ2v) is 5.74. The number of rotatable bonds is 4. The van der Waals surface area contributed by atoms with Crippen molar-refractivity contribution < 1.29 is 0 Å². The van der Waals surface area contributed by atoms with Crippen molar-refractivity contribution in [2.24, 2.45) is 0 Å². The number of benzene rings is 2. The van der Waals surface area contributed by atoms with Crippen LogP contribution in [0.2, 0.25) is 0 Å². The lowest BCUT2D eigenvalue weighted by atomic mass is 10.0. The van der Waals surface area contributed by atoms with Crippen molar-refractivity contribution in [3.05, 3.63) is 70.8 Å². The molecule has 0 aromatic heterocycles. The van der Waals surface area contributed by atoms with Crippen LogP contribution >= 0.6 is 24.4 Å². The summed E-state index contributed by atoms with van der Waals surface area (Å²) in [5, 5.41) is 0. The average molecular weight is 284 g/mol. The summed E-state index contributed by atoms with van der Waals surface area (Å²) < 4.78 is 0. The molecule has 0 saturated heterocycles. The van der Waals surface area contributed by atoms with Gasteiger partial charge in [-0.3, -0.25) is 0 Å². The SMILES string of the molecule is Cc1ccc(C(=S)CC(=S)c2ccc(C)cc2)cc1. The Labute approximate surface area is 125 Å². The maximum absolute atomic E-state index is 5.48. The maximum Gasteiger partial charge on any atom is 0.0277 e. The molecule has 0 heterocycles. The summed E-state index contributed by atoms with van der Waals surface area (Å²) in [4.78, 5) is 1.82. The van der Waals surface area contributed by atoms with Crippen molar-refractivity contribution in [3.8, 4) is 0 Å². The highest BCUT2D eigenvalue weighted by Gasteiger charge is 2.07. The zero-order valence-corrected chi connectivity index (χ0v) is 12.8. The van der Waals surface area contributed by atoms with Crippen LogP contribution in [0.4, 0.5) is 0 Å². The van der Waals surface area contributed by atoms with E-state index in [1.807, 2.05) is 0 Å². The minimum atomic E-state index is 0.663. The molecule has 19 heavy (non-hydrogen) atoms. The van der Waals surface area contributed by atoms with Crippen LogP contribution in [0.5, 0.6) is 0 Å². The molecule has 0 saturated carbocycles. The Bertz CT molecular complexity index is 537. The highest BCUT2D eigenvalue weighted by Crippen LogP contribution is 2.13. The molecule has 96 valence electrons. The van der Waals surface area contributed by atoms with E-state index in [-0.39, 0.29) is 0 Å². The summed E-state index contributed by atoms with van der Waals surface area (Å²) >= 11 is 11.0. The fourth-order valence-corrected chi connectivity index (χ4v) is 2.48. The molecule has 0 bridgehead atoms. The van der Waals surface area contributed by atoms with Crippen LogP contribution in [0.25, 0.3) is 0 Å². The molecule has 0 N–H and O–H groups in total. The van der Waals surface area contributed by atoms with E-state index >= 15 is 0 Å². The topological polar surface area (TPSA) is 0 Å². The summed E-state index contributed by atoms with van der Waals surface area (Å²) in [6, 6.07) is 16.6. The molecule has 0 aliphatic carbocycles. The van der Waals surface area contributed by atoms with Gasteiger partial charge in [-0.05, 0) is 25.0 Å². The molecule has 2 rings (SSSR count). The van der Waals surface area contributed by atoms with E-state index < -0.39 is 0 Å². The van der Waals surface area contributed by atoms with Crippen molar-refractivity contribution in [3.63, 3.8) is 0 Å². The predicted molar refractivity (Wildman–Crippen MR) is 90.4 cm³/mol. The first-order valence-corrected chi connectivity index (χ1v) is 7.07. The Morgan fingerprint density at radius 3 is 1.32 bits per heavy atom. The zero-order chi connectivity index (χ0) is 13.8. The monoisotopic (exact) mass is 284 g/mol. The van der Waals surface area contributed by atoms with E-state index in [4.69, 9.17) is 24.4 Å². The standard InChI is InChI=1S/C17H16S2/c1-12-3-7-14(8-4-12)16(18)11-17(19)15-9-5-13(2)6-10-15/h3-10H,11H2,1-2H3. The number of hydrogen-bond donors (Lipinski definition) is 0. The lowest BCUT2D eigenvalue weighted by molar-refractivity contribution is 1.44. The van der Waals surface area contributed by atoms with Crippen molar-refractivity contribution in [1.82, 2.24) is 0 Å². The minimum absolute atomic E-state index is 0.663. The minimum Gasteiger partial charge on any atom is -0.0839 e. The molecule has 2 heteroatoms. The normalized spacial score (nSPS) is 10.2. The molecule has 0 atom stereocenters.